The highest BCUT2D eigenvalue weighted by Crippen LogP contribution is 2.35. The quantitative estimate of drug-likeness (QED) is 0.640. The number of hydrogen-bond donors (Lipinski definition) is 4. The summed E-state index contributed by atoms with van der Waals surface area (Å²) < 4.78 is 5.08. The van der Waals surface area contributed by atoms with Crippen LogP contribution in [0.1, 0.15) is 5.56 Å². The van der Waals surface area contributed by atoms with Crippen LogP contribution >= 0.6 is 0 Å². The Morgan fingerprint density at radius 3 is 2.25 bits per heavy atom. The number of aromatic hydroxyl groups is 2. The molecule has 0 aliphatic rings. The molecule has 2 rings (SSSR count). The van der Waals surface area contributed by atoms with Crippen molar-refractivity contribution in [2.45, 2.75) is 6.42 Å². The number of anilines is 2. The molecule has 0 radical (unpaired) electrons. The minimum Gasteiger partial charge on any atom is -0.508 e. The van der Waals surface area contributed by atoms with E-state index < -0.39 is 0 Å². The zero-order valence-corrected chi connectivity index (χ0v) is 11.3. The van der Waals surface area contributed by atoms with Gasteiger partial charge in [-0.25, -0.2) is 0 Å². The maximum Gasteiger partial charge on any atom is 0.119 e. The Morgan fingerprint density at radius 2 is 1.65 bits per heavy atom. The fourth-order valence-electron chi connectivity index (χ4n) is 2.21. The molecule has 106 valence electrons. The molecule has 0 atom stereocenters. The van der Waals surface area contributed by atoms with Crippen LogP contribution in [0.2, 0.25) is 0 Å². The summed E-state index contributed by atoms with van der Waals surface area (Å²) in [7, 11) is 1.62. The van der Waals surface area contributed by atoms with Gasteiger partial charge in [0, 0.05) is 24.6 Å². The molecule has 0 fully saturated rings. The summed E-state index contributed by atoms with van der Waals surface area (Å²) in [6, 6.07) is 7.86. The van der Waals surface area contributed by atoms with E-state index in [4.69, 9.17) is 16.2 Å². The first-order valence-electron chi connectivity index (χ1n) is 6.21. The molecule has 5 nitrogen and oxygen atoms in total. The molecule has 20 heavy (non-hydrogen) atoms. The van der Waals surface area contributed by atoms with Gasteiger partial charge in [0.15, 0.2) is 0 Å². The molecule has 2 aromatic rings. The Kier molecular flexibility index (Phi) is 4.00. The van der Waals surface area contributed by atoms with Gasteiger partial charge in [0.1, 0.15) is 11.5 Å². The molecule has 0 bridgehead atoms. The van der Waals surface area contributed by atoms with E-state index in [0.29, 0.717) is 30.0 Å². The largest absolute Gasteiger partial charge is 0.508 e. The molecule has 0 aliphatic heterocycles. The zero-order valence-electron chi connectivity index (χ0n) is 11.3. The second kappa shape index (κ2) is 5.71. The van der Waals surface area contributed by atoms with Crippen LogP contribution < -0.4 is 11.5 Å². The van der Waals surface area contributed by atoms with Crippen LogP contribution in [0.3, 0.4) is 0 Å². The number of phenols is 2. The van der Waals surface area contributed by atoms with Gasteiger partial charge in [0.05, 0.1) is 6.61 Å². The normalized spacial score (nSPS) is 10.7. The molecule has 0 heterocycles. The topological polar surface area (TPSA) is 102 Å². The van der Waals surface area contributed by atoms with Crippen molar-refractivity contribution in [3.05, 3.63) is 35.9 Å². The summed E-state index contributed by atoms with van der Waals surface area (Å²) in [5.74, 6) is -0.0302. The lowest BCUT2D eigenvalue weighted by atomic mass is 9.95. The van der Waals surface area contributed by atoms with Crippen molar-refractivity contribution in [3.63, 3.8) is 0 Å². The SMILES string of the molecule is COCCc1c(N)cc(N)cc1-c1cc(O)cc(O)c1. The first-order chi connectivity index (χ1) is 9.51. The summed E-state index contributed by atoms with van der Waals surface area (Å²) >= 11 is 0. The second-order valence-corrected chi connectivity index (χ2v) is 4.62. The number of rotatable bonds is 4. The van der Waals surface area contributed by atoms with Gasteiger partial charge in [-0.05, 0) is 47.4 Å². The number of methoxy groups -OCH3 is 1. The minimum atomic E-state index is -0.0151. The second-order valence-electron chi connectivity index (χ2n) is 4.62. The van der Waals surface area contributed by atoms with E-state index in [9.17, 15) is 10.2 Å². The van der Waals surface area contributed by atoms with E-state index in [-0.39, 0.29) is 11.5 Å². The lowest BCUT2D eigenvalue weighted by molar-refractivity contribution is 0.202. The summed E-state index contributed by atoms with van der Waals surface area (Å²) in [5, 5.41) is 19.2. The van der Waals surface area contributed by atoms with Crippen molar-refractivity contribution in [3.8, 4) is 22.6 Å². The third-order valence-corrected chi connectivity index (χ3v) is 3.08. The lowest BCUT2D eigenvalue weighted by Gasteiger charge is -2.14. The maximum atomic E-state index is 9.61. The van der Waals surface area contributed by atoms with E-state index >= 15 is 0 Å². The molecule has 0 aromatic heterocycles. The van der Waals surface area contributed by atoms with E-state index in [2.05, 4.69) is 0 Å². The van der Waals surface area contributed by atoms with Gasteiger partial charge in [-0.1, -0.05) is 0 Å². The number of benzene rings is 2. The lowest BCUT2D eigenvalue weighted by Crippen LogP contribution is -2.03. The van der Waals surface area contributed by atoms with Crippen LogP contribution in [0.4, 0.5) is 11.4 Å². The molecule has 2 aromatic carbocycles. The fraction of sp³-hybridized carbons (Fsp3) is 0.200. The Morgan fingerprint density at radius 1 is 1.00 bits per heavy atom. The maximum absolute atomic E-state index is 9.61. The average molecular weight is 274 g/mol. The molecule has 0 amide bonds. The molecule has 5 heteroatoms. The Labute approximate surface area is 117 Å². The number of phenolic OH excluding ortho intramolecular Hbond substituents is 2. The summed E-state index contributed by atoms with van der Waals surface area (Å²) in [5.41, 5.74) is 15.3. The molecule has 0 spiro atoms. The number of ether oxygens (including phenoxy) is 1. The number of hydrogen-bond acceptors (Lipinski definition) is 5. The van der Waals surface area contributed by atoms with E-state index in [1.54, 1.807) is 31.4 Å². The third-order valence-electron chi connectivity index (χ3n) is 3.08. The first-order valence-corrected chi connectivity index (χ1v) is 6.21. The summed E-state index contributed by atoms with van der Waals surface area (Å²) in [4.78, 5) is 0. The van der Waals surface area contributed by atoms with E-state index in [0.717, 1.165) is 11.1 Å². The standard InChI is InChI=1S/C15H18N2O3/c1-20-3-2-13-14(6-10(16)7-15(13)17)9-4-11(18)8-12(19)5-9/h4-8,18-19H,2-3,16-17H2,1H3. The molecule has 0 aliphatic carbocycles. The molecule has 0 unspecified atom stereocenters. The smallest absolute Gasteiger partial charge is 0.119 e. The average Bonchev–Trinajstić information content (AvgIpc) is 2.35. The number of nitrogen functional groups attached to an aromatic ring is 2. The van der Waals surface area contributed by atoms with Crippen LogP contribution in [0, 0.1) is 0 Å². The van der Waals surface area contributed by atoms with Crippen molar-refractivity contribution in [1.29, 1.82) is 0 Å². The Balaban J connectivity index is 2.58. The predicted octanol–water partition coefficient (Wildman–Crippen LogP) is 2.12. The molecule has 0 saturated carbocycles. The highest BCUT2D eigenvalue weighted by Gasteiger charge is 2.12. The van der Waals surface area contributed by atoms with Gasteiger partial charge in [-0.15, -0.1) is 0 Å². The number of nitrogens with two attached hydrogens (primary N) is 2. The van der Waals surface area contributed by atoms with Gasteiger partial charge in [-0.2, -0.15) is 0 Å². The minimum absolute atomic E-state index is 0.0151. The molecular weight excluding hydrogens is 256 g/mol. The molecular formula is C15H18N2O3. The fourth-order valence-corrected chi connectivity index (χ4v) is 2.21. The highest BCUT2D eigenvalue weighted by molar-refractivity contribution is 5.79. The van der Waals surface area contributed by atoms with Gasteiger partial charge < -0.3 is 26.4 Å². The van der Waals surface area contributed by atoms with Crippen LogP contribution in [0.15, 0.2) is 30.3 Å². The molecule has 6 N–H and O–H groups in total. The first kappa shape index (κ1) is 14.0. The van der Waals surface area contributed by atoms with Crippen LogP contribution in [0.5, 0.6) is 11.5 Å². The van der Waals surface area contributed by atoms with Gasteiger partial charge in [0.25, 0.3) is 0 Å². The van der Waals surface area contributed by atoms with Gasteiger partial charge in [0.2, 0.25) is 0 Å². The van der Waals surface area contributed by atoms with Crippen LogP contribution in [-0.4, -0.2) is 23.9 Å². The van der Waals surface area contributed by atoms with Crippen molar-refractivity contribution in [2.75, 3.05) is 25.2 Å². The summed E-state index contributed by atoms with van der Waals surface area (Å²) in [6.45, 7) is 0.520. The van der Waals surface area contributed by atoms with Crippen molar-refractivity contribution in [1.82, 2.24) is 0 Å². The van der Waals surface area contributed by atoms with E-state index in [1.165, 1.54) is 6.07 Å². The highest BCUT2D eigenvalue weighted by atomic mass is 16.5. The predicted molar refractivity (Wildman–Crippen MR) is 79.6 cm³/mol. The van der Waals surface area contributed by atoms with Crippen molar-refractivity contribution >= 4 is 11.4 Å². The van der Waals surface area contributed by atoms with E-state index in [1.807, 2.05) is 0 Å². The molecule has 0 saturated heterocycles. The van der Waals surface area contributed by atoms with Crippen molar-refractivity contribution in [2.24, 2.45) is 0 Å². The summed E-state index contributed by atoms with van der Waals surface area (Å²) in [6.07, 6.45) is 0.619. The zero-order chi connectivity index (χ0) is 14.7. The van der Waals surface area contributed by atoms with Crippen LogP contribution in [0.25, 0.3) is 11.1 Å². The third kappa shape index (κ3) is 2.95. The Bertz CT molecular complexity index is 607. The van der Waals surface area contributed by atoms with Crippen LogP contribution in [-0.2, 0) is 11.2 Å². The Hall–Kier alpha value is -2.40. The van der Waals surface area contributed by atoms with Gasteiger partial charge >= 0.3 is 0 Å². The monoisotopic (exact) mass is 274 g/mol. The van der Waals surface area contributed by atoms with Crippen molar-refractivity contribution < 1.29 is 14.9 Å². The van der Waals surface area contributed by atoms with Gasteiger partial charge in [-0.3, -0.25) is 0 Å².